The van der Waals surface area contributed by atoms with Crippen molar-refractivity contribution in [1.82, 2.24) is 47.9 Å². The van der Waals surface area contributed by atoms with Gasteiger partial charge in [0.2, 0.25) is 59.1 Å². The first-order valence-corrected chi connectivity index (χ1v) is 29.2. The van der Waals surface area contributed by atoms with E-state index in [2.05, 4.69) is 52.8 Å². The number of amides is 10. The van der Waals surface area contributed by atoms with E-state index in [0.717, 1.165) is 0 Å². The van der Waals surface area contributed by atoms with Gasteiger partial charge in [-0.1, -0.05) is 80.6 Å². The number of primary amides is 1. The van der Waals surface area contributed by atoms with Crippen molar-refractivity contribution in [3.8, 4) is 17.2 Å². The average Bonchev–Trinajstić information content (AvgIpc) is 0.902. The first-order valence-electron chi connectivity index (χ1n) is 29.2. The molecule has 506 valence electrons. The minimum Gasteiger partial charge on any atom is -0.508 e. The molecule has 0 unspecified atom stereocenters. The van der Waals surface area contributed by atoms with Crippen LogP contribution >= 0.6 is 0 Å². The second-order valence-electron chi connectivity index (χ2n) is 22.0. The minimum atomic E-state index is -2.00. The topological polar surface area (TPSA) is 568 Å². The van der Waals surface area contributed by atoms with Gasteiger partial charge in [-0.2, -0.15) is 0 Å². The molecule has 10 amide bonds. The highest BCUT2D eigenvalue weighted by Crippen LogP contribution is 2.17. The van der Waals surface area contributed by atoms with Crippen LogP contribution in [0.2, 0.25) is 0 Å². The summed E-state index contributed by atoms with van der Waals surface area (Å²) in [4.78, 5) is 178. The Labute approximate surface area is 537 Å². The maximum absolute atomic E-state index is 14.7. The van der Waals surface area contributed by atoms with Crippen LogP contribution in [0.25, 0.3) is 0 Å². The maximum Gasteiger partial charge on any atom is 0.326 e. The number of guanidine groups is 1. The number of nitrogens with one attached hydrogen (secondary N) is 9. The number of carboxylic acid groups (broad SMARTS) is 3. The van der Waals surface area contributed by atoms with Crippen LogP contribution in [0.3, 0.4) is 0 Å². The van der Waals surface area contributed by atoms with Crippen molar-refractivity contribution in [2.24, 2.45) is 33.8 Å². The molecule has 33 heteroatoms. The second-order valence-corrected chi connectivity index (χ2v) is 22.0. The van der Waals surface area contributed by atoms with E-state index in [4.69, 9.17) is 22.9 Å². The Hall–Kier alpha value is -11.4. The Kier molecular flexibility index (Phi) is 29.6. The van der Waals surface area contributed by atoms with E-state index in [9.17, 15) is 93.0 Å². The summed E-state index contributed by atoms with van der Waals surface area (Å²) in [5.74, 6) is -17.1. The molecule has 33 nitrogen and oxygen atoms in total. The number of aliphatic imine (C=N–C) groups is 1. The van der Waals surface area contributed by atoms with Crippen LogP contribution in [-0.2, 0) is 88.0 Å². The number of carbonyl (C=O) groups is 13. The number of phenols is 3. The Morgan fingerprint density at radius 1 is 0.426 bits per heavy atom. The summed E-state index contributed by atoms with van der Waals surface area (Å²) in [5.41, 5.74) is 23.1. The van der Waals surface area contributed by atoms with Crippen molar-refractivity contribution in [1.29, 1.82) is 0 Å². The Bertz CT molecular complexity index is 3350. The van der Waals surface area contributed by atoms with Crippen molar-refractivity contribution in [3.05, 3.63) is 125 Å². The van der Waals surface area contributed by atoms with E-state index in [1.165, 1.54) is 86.6 Å². The Morgan fingerprint density at radius 3 is 1.21 bits per heavy atom. The normalized spacial score (nSPS) is 13.7. The molecule has 0 saturated carbocycles. The lowest BCUT2D eigenvalue weighted by molar-refractivity contribution is -0.143. The zero-order valence-corrected chi connectivity index (χ0v) is 51.1. The molecule has 9 atom stereocenters. The third-order valence-electron chi connectivity index (χ3n) is 14.0. The molecule has 0 aliphatic rings. The van der Waals surface area contributed by atoms with Gasteiger partial charge in [0.25, 0.3) is 0 Å². The lowest BCUT2D eigenvalue weighted by atomic mass is 9.99. The molecule has 94 heavy (non-hydrogen) atoms. The number of nitrogens with zero attached hydrogens (tertiary/aromatic N) is 1. The molecule has 23 N–H and O–H groups in total. The van der Waals surface area contributed by atoms with Crippen molar-refractivity contribution in [2.75, 3.05) is 13.1 Å². The fourth-order valence-corrected chi connectivity index (χ4v) is 9.08. The summed E-state index contributed by atoms with van der Waals surface area (Å²) in [6, 6.07) is 8.90. The number of hydrogen-bond donors (Lipinski definition) is 19. The lowest BCUT2D eigenvalue weighted by Gasteiger charge is -2.29. The van der Waals surface area contributed by atoms with Gasteiger partial charge in [-0.25, -0.2) is 4.79 Å². The summed E-state index contributed by atoms with van der Waals surface area (Å²) in [6.07, 6.45) is -4.15. The fourth-order valence-electron chi connectivity index (χ4n) is 9.08. The van der Waals surface area contributed by atoms with Crippen molar-refractivity contribution in [2.45, 2.75) is 126 Å². The standard InChI is InChI=1S/C61H78N14O19/c1-31(2)51(75-58(91)45(29-50(83)84)72-54(87)41(24-33-10-16-36(76)17-11-33)68-48(80)30-67-53(86)40(9-6-22-66-61(64)65)69-52(85)39(62)27-47(63)79)59(92)73-43(25-34-12-18-37(77)19-13-34)56(89)70-42(23-32-7-4-3-5-8-32)55(88)71-44(28-49(81)82)57(90)74-46(60(93)94)26-35-14-20-38(78)21-15-35/h3-5,7-8,10-21,31,39-46,51,76-78H,6,9,22-30,62H2,1-2H3,(H2,63,79)(H,67,86)(H,68,80)(H,69,85)(H,70,89)(H,71,88)(H,72,87)(H,73,92)(H,74,90)(H,75,91)(H,81,82)(H,83,84)(H,93,94)(H4,64,65,66)/t39-,40-,41-,42-,43-,44-,45-,46-,51-/m0/s1. The SMILES string of the molecule is CC(C)[C@H](NC(=O)[C@H](CC(=O)O)NC(=O)[C@H](Cc1ccc(O)cc1)NC(=O)CNC(=O)[C@H](CCCN=C(N)N)NC(=O)[C@@H](N)CC(N)=O)C(=O)N[C@@H](Cc1ccc(O)cc1)C(=O)N[C@@H](Cc1ccccc1)C(=O)N[C@@H](CC(=O)O)C(=O)N[C@@H](Cc1ccc(O)cc1)C(=O)O. The summed E-state index contributed by atoms with van der Waals surface area (Å²) in [7, 11) is 0. The molecule has 4 aromatic carbocycles. The highest BCUT2D eigenvalue weighted by Gasteiger charge is 2.37. The summed E-state index contributed by atoms with van der Waals surface area (Å²) < 4.78 is 0. The Balaban J connectivity index is 1.61. The Morgan fingerprint density at radius 2 is 0.798 bits per heavy atom. The molecule has 0 bridgehead atoms. The molecule has 4 rings (SSSR count). The third-order valence-corrected chi connectivity index (χ3v) is 14.0. The van der Waals surface area contributed by atoms with Gasteiger partial charge < -0.3 is 101 Å². The summed E-state index contributed by atoms with van der Waals surface area (Å²) in [6.45, 7) is 2.09. The quantitative estimate of drug-likeness (QED) is 0.0116. The van der Waals surface area contributed by atoms with Gasteiger partial charge in [-0.15, -0.1) is 0 Å². The predicted molar refractivity (Wildman–Crippen MR) is 333 cm³/mol. The first kappa shape index (κ1) is 75.1. The minimum absolute atomic E-state index is 0.0123. The van der Waals surface area contributed by atoms with E-state index in [-0.39, 0.29) is 68.3 Å². The number of aromatic hydroxyl groups is 3. The second kappa shape index (κ2) is 37.1. The highest BCUT2D eigenvalue weighted by molar-refractivity contribution is 6.00. The van der Waals surface area contributed by atoms with Crippen molar-refractivity contribution in [3.63, 3.8) is 0 Å². The number of benzene rings is 4. The van der Waals surface area contributed by atoms with E-state index in [1.54, 1.807) is 30.3 Å². The number of rotatable bonds is 38. The number of nitrogens with two attached hydrogens (primary N) is 4. The van der Waals surface area contributed by atoms with Crippen LogP contribution in [0.4, 0.5) is 0 Å². The fraction of sp³-hybridized carbons (Fsp3) is 0.377. The van der Waals surface area contributed by atoms with Gasteiger partial charge >= 0.3 is 17.9 Å². The predicted octanol–water partition coefficient (Wildman–Crippen LogP) is -3.99. The maximum atomic E-state index is 14.7. The lowest BCUT2D eigenvalue weighted by Crippen LogP contribution is -2.61. The smallest absolute Gasteiger partial charge is 0.326 e. The number of carboxylic acids is 3. The van der Waals surface area contributed by atoms with Gasteiger partial charge in [0, 0.05) is 32.2 Å². The van der Waals surface area contributed by atoms with Gasteiger partial charge in [0.15, 0.2) is 5.96 Å². The third kappa shape index (κ3) is 26.6. The monoisotopic (exact) mass is 1310 g/mol. The van der Waals surface area contributed by atoms with Crippen LogP contribution in [0.5, 0.6) is 17.2 Å². The molecular formula is C61H78N14O19. The molecule has 0 saturated heterocycles. The molecule has 0 aliphatic heterocycles. The number of carbonyl (C=O) groups excluding carboxylic acids is 10. The molecular weight excluding hydrogens is 1230 g/mol. The van der Waals surface area contributed by atoms with Gasteiger partial charge in [-0.05, 0) is 77.4 Å². The van der Waals surface area contributed by atoms with E-state index >= 15 is 0 Å². The summed E-state index contributed by atoms with van der Waals surface area (Å²) >= 11 is 0. The van der Waals surface area contributed by atoms with Crippen LogP contribution < -0.4 is 70.8 Å². The average molecular weight is 1310 g/mol. The summed E-state index contributed by atoms with van der Waals surface area (Å²) in [5, 5.41) is 81.0. The zero-order valence-electron chi connectivity index (χ0n) is 51.1. The number of phenolic OH excluding ortho intramolecular Hbond substituents is 3. The van der Waals surface area contributed by atoms with Crippen LogP contribution in [-0.4, -0.2) is 181 Å². The van der Waals surface area contributed by atoms with Crippen molar-refractivity contribution < 1.29 is 93.0 Å². The van der Waals surface area contributed by atoms with Crippen LogP contribution in [0.1, 0.15) is 68.2 Å². The molecule has 4 aromatic rings. The van der Waals surface area contributed by atoms with Crippen molar-refractivity contribution >= 4 is 82.9 Å². The molecule has 0 radical (unpaired) electrons. The molecule has 0 heterocycles. The van der Waals surface area contributed by atoms with E-state index < -0.39 is 163 Å². The zero-order chi connectivity index (χ0) is 69.8. The van der Waals surface area contributed by atoms with E-state index in [0.29, 0.717) is 22.3 Å². The van der Waals surface area contributed by atoms with Gasteiger partial charge in [0.05, 0.1) is 31.8 Å². The van der Waals surface area contributed by atoms with Gasteiger partial charge in [-0.3, -0.25) is 62.5 Å². The van der Waals surface area contributed by atoms with E-state index in [1.807, 2.05) is 0 Å². The first-order chi connectivity index (χ1) is 44.4. The molecule has 0 fully saturated rings. The highest BCUT2D eigenvalue weighted by atomic mass is 16.4. The molecule has 0 spiro atoms. The molecule has 0 aliphatic carbocycles. The number of aliphatic carboxylic acids is 3. The van der Waals surface area contributed by atoms with Crippen LogP contribution in [0.15, 0.2) is 108 Å². The largest absolute Gasteiger partial charge is 0.508 e. The molecule has 0 aromatic heterocycles. The van der Waals surface area contributed by atoms with Gasteiger partial charge in [0.1, 0.15) is 65.6 Å². The number of hydrogen-bond acceptors (Lipinski definition) is 18. The van der Waals surface area contributed by atoms with Crippen LogP contribution in [0, 0.1) is 5.92 Å².